The Hall–Kier alpha value is -3.68. The molecule has 0 amide bonds. The zero-order valence-electron chi connectivity index (χ0n) is 17.5. The summed E-state index contributed by atoms with van der Waals surface area (Å²) in [6.07, 6.45) is 1.84. The summed E-state index contributed by atoms with van der Waals surface area (Å²) in [6.45, 7) is 1.83. The zero-order valence-corrected chi connectivity index (χ0v) is 17.5. The molecule has 0 aromatic heterocycles. The Kier molecular flexibility index (Phi) is 6.69. The Morgan fingerprint density at radius 3 is 2.35 bits per heavy atom. The third-order valence-electron chi connectivity index (χ3n) is 5.29. The van der Waals surface area contributed by atoms with Crippen molar-refractivity contribution in [1.29, 1.82) is 0 Å². The molecule has 2 atom stereocenters. The molecule has 0 radical (unpaired) electrons. The van der Waals surface area contributed by atoms with Gasteiger partial charge in [-0.2, -0.15) is 0 Å². The molecule has 0 bridgehead atoms. The van der Waals surface area contributed by atoms with Crippen LogP contribution in [0.4, 0.5) is 5.69 Å². The number of hydrogen-bond donors (Lipinski definition) is 0. The van der Waals surface area contributed by atoms with Gasteiger partial charge in [0.15, 0.2) is 17.3 Å². The van der Waals surface area contributed by atoms with E-state index >= 15 is 0 Å². The first-order valence-corrected chi connectivity index (χ1v) is 9.77. The van der Waals surface area contributed by atoms with E-state index in [4.69, 9.17) is 14.2 Å². The van der Waals surface area contributed by atoms with E-state index in [1.54, 1.807) is 31.2 Å². The first kappa shape index (κ1) is 22.0. The number of nitro groups is 1. The van der Waals surface area contributed by atoms with Crippen LogP contribution in [-0.4, -0.2) is 37.5 Å². The topological polar surface area (TPSA) is 105 Å². The maximum absolute atomic E-state index is 13.0. The van der Waals surface area contributed by atoms with Crippen LogP contribution in [-0.2, 0) is 14.3 Å². The third-order valence-corrected chi connectivity index (χ3v) is 5.29. The molecule has 2 aromatic carbocycles. The van der Waals surface area contributed by atoms with Crippen molar-refractivity contribution in [2.75, 3.05) is 20.8 Å². The molecule has 8 heteroatoms. The van der Waals surface area contributed by atoms with Crippen molar-refractivity contribution in [3.05, 3.63) is 69.8 Å². The molecule has 2 aromatic rings. The number of esters is 1. The first-order valence-electron chi connectivity index (χ1n) is 9.77. The molecule has 3 rings (SSSR count). The minimum absolute atomic E-state index is 0.0609. The molecule has 1 aliphatic rings. The zero-order chi connectivity index (χ0) is 22.5. The SMILES string of the molecule is CCOC(=O)C1C(=O)C=C(c2ccc(OC)c(OC)c2)CC1c1ccc([N+](=O)[O-])cc1. The Morgan fingerprint density at radius 1 is 1.10 bits per heavy atom. The number of ketones is 1. The van der Waals surface area contributed by atoms with Gasteiger partial charge in [0.1, 0.15) is 5.92 Å². The standard InChI is InChI=1S/C23H23NO7/c1-4-31-23(26)22-18(14-5-8-17(9-6-14)24(27)28)11-16(12-19(22)25)15-7-10-20(29-2)21(13-15)30-3/h5-10,12-13,18,22H,4,11H2,1-3H3. The van der Waals surface area contributed by atoms with E-state index in [0.29, 0.717) is 23.5 Å². The van der Waals surface area contributed by atoms with Gasteiger partial charge < -0.3 is 14.2 Å². The van der Waals surface area contributed by atoms with Gasteiger partial charge in [-0.25, -0.2) is 0 Å². The first-order chi connectivity index (χ1) is 14.9. The Morgan fingerprint density at radius 2 is 1.77 bits per heavy atom. The second-order valence-corrected chi connectivity index (χ2v) is 7.03. The normalized spacial score (nSPS) is 18.2. The number of carbonyl (C=O) groups excluding carboxylic acids is 2. The van der Waals surface area contributed by atoms with Crippen molar-refractivity contribution in [3.63, 3.8) is 0 Å². The minimum Gasteiger partial charge on any atom is -0.493 e. The van der Waals surface area contributed by atoms with Gasteiger partial charge >= 0.3 is 5.97 Å². The molecule has 0 saturated heterocycles. The fourth-order valence-electron chi connectivity index (χ4n) is 3.78. The summed E-state index contributed by atoms with van der Waals surface area (Å²) in [6, 6.07) is 11.2. The van der Waals surface area contributed by atoms with Gasteiger partial charge in [0, 0.05) is 18.1 Å². The molecule has 31 heavy (non-hydrogen) atoms. The van der Waals surface area contributed by atoms with E-state index in [1.807, 2.05) is 6.07 Å². The van der Waals surface area contributed by atoms with Crippen molar-refractivity contribution in [2.24, 2.45) is 5.92 Å². The van der Waals surface area contributed by atoms with E-state index in [0.717, 1.165) is 11.1 Å². The molecule has 8 nitrogen and oxygen atoms in total. The van der Waals surface area contributed by atoms with E-state index in [-0.39, 0.29) is 18.1 Å². The lowest BCUT2D eigenvalue weighted by atomic mass is 9.73. The summed E-state index contributed by atoms with van der Waals surface area (Å²) >= 11 is 0. The summed E-state index contributed by atoms with van der Waals surface area (Å²) in [7, 11) is 3.06. The van der Waals surface area contributed by atoms with Gasteiger partial charge in [-0.05, 0) is 48.3 Å². The summed E-state index contributed by atoms with van der Waals surface area (Å²) in [5.41, 5.74) is 2.09. The highest BCUT2D eigenvalue weighted by Crippen LogP contribution is 2.42. The van der Waals surface area contributed by atoms with Gasteiger partial charge in [-0.15, -0.1) is 0 Å². The molecular weight excluding hydrogens is 402 g/mol. The minimum atomic E-state index is -1.01. The quantitative estimate of drug-likeness (QED) is 0.286. The second-order valence-electron chi connectivity index (χ2n) is 7.03. The van der Waals surface area contributed by atoms with E-state index in [9.17, 15) is 19.7 Å². The second kappa shape index (κ2) is 9.42. The van der Waals surface area contributed by atoms with Gasteiger partial charge in [-0.1, -0.05) is 18.2 Å². The smallest absolute Gasteiger partial charge is 0.317 e. The lowest BCUT2D eigenvalue weighted by Crippen LogP contribution is -2.34. The number of ether oxygens (including phenoxy) is 3. The number of hydrogen-bond acceptors (Lipinski definition) is 7. The number of allylic oxidation sites excluding steroid dienone is 2. The Balaban J connectivity index is 2.03. The molecule has 0 fully saturated rings. The molecule has 2 unspecified atom stereocenters. The number of non-ortho nitro benzene ring substituents is 1. The maximum atomic E-state index is 13.0. The van der Waals surface area contributed by atoms with Crippen LogP contribution in [0, 0.1) is 16.0 Å². The number of carbonyl (C=O) groups is 2. The molecule has 0 heterocycles. The summed E-state index contributed by atoms with van der Waals surface area (Å²) in [5.74, 6) is -1.40. The molecule has 1 aliphatic carbocycles. The van der Waals surface area contributed by atoms with Crippen LogP contribution in [0.5, 0.6) is 11.5 Å². The van der Waals surface area contributed by atoms with Crippen LogP contribution in [0.3, 0.4) is 0 Å². The fraction of sp³-hybridized carbons (Fsp3) is 0.304. The molecule has 0 N–H and O–H groups in total. The van der Waals surface area contributed by atoms with Crippen molar-refractivity contribution < 1.29 is 28.7 Å². The van der Waals surface area contributed by atoms with Crippen LogP contribution in [0.25, 0.3) is 5.57 Å². The predicted octanol–water partition coefficient (Wildman–Crippen LogP) is 3.93. The van der Waals surface area contributed by atoms with Crippen LogP contribution < -0.4 is 9.47 Å². The Labute approximate surface area is 179 Å². The maximum Gasteiger partial charge on any atom is 0.317 e. The monoisotopic (exact) mass is 425 g/mol. The lowest BCUT2D eigenvalue weighted by Gasteiger charge is -2.29. The highest BCUT2D eigenvalue weighted by molar-refractivity contribution is 6.10. The van der Waals surface area contributed by atoms with Gasteiger partial charge in [0.25, 0.3) is 5.69 Å². The van der Waals surface area contributed by atoms with Crippen LogP contribution in [0.2, 0.25) is 0 Å². The number of nitro benzene ring substituents is 1. The molecule has 0 spiro atoms. The predicted molar refractivity (Wildman–Crippen MR) is 113 cm³/mol. The van der Waals surface area contributed by atoms with E-state index < -0.39 is 22.7 Å². The van der Waals surface area contributed by atoms with E-state index in [2.05, 4.69) is 0 Å². The number of rotatable bonds is 7. The summed E-state index contributed by atoms with van der Waals surface area (Å²) < 4.78 is 15.8. The molecule has 0 aliphatic heterocycles. The van der Waals surface area contributed by atoms with Crippen LogP contribution >= 0.6 is 0 Å². The van der Waals surface area contributed by atoms with Gasteiger partial charge in [0.2, 0.25) is 0 Å². The largest absolute Gasteiger partial charge is 0.493 e. The summed E-state index contributed by atoms with van der Waals surface area (Å²) in [4.78, 5) is 36.1. The molecule has 162 valence electrons. The number of methoxy groups -OCH3 is 2. The van der Waals surface area contributed by atoms with E-state index in [1.165, 1.54) is 32.4 Å². The summed E-state index contributed by atoms with van der Waals surface area (Å²) in [5, 5.41) is 11.0. The average Bonchev–Trinajstić information content (AvgIpc) is 2.78. The van der Waals surface area contributed by atoms with Crippen molar-refractivity contribution in [1.82, 2.24) is 0 Å². The van der Waals surface area contributed by atoms with Gasteiger partial charge in [0.05, 0.1) is 25.7 Å². The number of benzene rings is 2. The van der Waals surface area contributed by atoms with Crippen molar-refractivity contribution in [3.8, 4) is 11.5 Å². The van der Waals surface area contributed by atoms with Crippen molar-refractivity contribution in [2.45, 2.75) is 19.3 Å². The third kappa shape index (κ3) is 4.58. The Bertz CT molecular complexity index is 1030. The average molecular weight is 425 g/mol. The highest BCUT2D eigenvalue weighted by Gasteiger charge is 2.40. The molecule has 0 saturated carbocycles. The van der Waals surface area contributed by atoms with Crippen molar-refractivity contribution >= 4 is 23.0 Å². The fourth-order valence-corrected chi connectivity index (χ4v) is 3.78. The molecular formula is C23H23NO7. The van der Waals surface area contributed by atoms with Crippen LogP contribution in [0.1, 0.15) is 30.4 Å². The lowest BCUT2D eigenvalue weighted by molar-refractivity contribution is -0.384. The number of nitrogens with zero attached hydrogens (tertiary/aromatic N) is 1. The van der Waals surface area contributed by atoms with Crippen LogP contribution in [0.15, 0.2) is 48.5 Å². The highest BCUT2D eigenvalue weighted by atomic mass is 16.6. The van der Waals surface area contributed by atoms with Gasteiger partial charge in [-0.3, -0.25) is 19.7 Å².